The van der Waals surface area contributed by atoms with Gasteiger partial charge in [-0.3, -0.25) is 4.79 Å². The molecule has 0 bridgehead atoms. The second-order valence-electron chi connectivity index (χ2n) is 6.00. The van der Waals surface area contributed by atoms with Crippen LogP contribution in [-0.4, -0.2) is 31.1 Å². The SMILES string of the molecule is COC(=O)c1cc(CNC(=O)c2ccc(Sc3ccccn3)cc2)ccc1OC. The normalized spacial score (nSPS) is 10.3. The Morgan fingerprint density at radius 3 is 2.48 bits per heavy atom. The highest BCUT2D eigenvalue weighted by atomic mass is 32.2. The van der Waals surface area contributed by atoms with E-state index in [2.05, 4.69) is 10.3 Å². The molecule has 0 saturated heterocycles. The smallest absolute Gasteiger partial charge is 0.341 e. The maximum Gasteiger partial charge on any atom is 0.341 e. The van der Waals surface area contributed by atoms with E-state index in [9.17, 15) is 9.59 Å². The van der Waals surface area contributed by atoms with Gasteiger partial charge < -0.3 is 14.8 Å². The van der Waals surface area contributed by atoms with E-state index in [1.165, 1.54) is 26.0 Å². The molecule has 1 N–H and O–H groups in total. The Balaban J connectivity index is 1.62. The number of hydrogen-bond acceptors (Lipinski definition) is 6. The first-order valence-corrected chi connectivity index (χ1v) is 9.64. The number of ether oxygens (including phenoxy) is 2. The molecular weight excluding hydrogens is 388 g/mol. The molecule has 3 rings (SSSR count). The molecule has 2 aromatic carbocycles. The number of methoxy groups -OCH3 is 2. The quantitative estimate of drug-likeness (QED) is 0.597. The number of nitrogens with zero attached hydrogens (tertiary/aromatic N) is 1. The van der Waals surface area contributed by atoms with Crippen molar-refractivity contribution in [3.8, 4) is 5.75 Å². The van der Waals surface area contributed by atoms with Crippen LogP contribution in [0.3, 0.4) is 0 Å². The van der Waals surface area contributed by atoms with E-state index in [1.807, 2.05) is 30.3 Å². The number of pyridine rings is 1. The molecule has 148 valence electrons. The number of benzene rings is 2. The van der Waals surface area contributed by atoms with Gasteiger partial charge in [0.15, 0.2) is 0 Å². The molecule has 1 heterocycles. The van der Waals surface area contributed by atoms with Crippen molar-refractivity contribution in [3.63, 3.8) is 0 Å². The lowest BCUT2D eigenvalue weighted by atomic mass is 10.1. The van der Waals surface area contributed by atoms with Crippen molar-refractivity contribution in [1.82, 2.24) is 10.3 Å². The molecule has 3 aromatic rings. The third-order valence-electron chi connectivity index (χ3n) is 4.10. The average Bonchev–Trinajstić information content (AvgIpc) is 2.78. The van der Waals surface area contributed by atoms with E-state index in [0.717, 1.165) is 15.5 Å². The molecule has 0 radical (unpaired) electrons. The third-order valence-corrected chi connectivity index (χ3v) is 5.06. The highest BCUT2D eigenvalue weighted by Gasteiger charge is 2.14. The summed E-state index contributed by atoms with van der Waals surface area (Å²) in [6.45, 7) is 0.275. The second-order valence-corrected chi connectivity index (χ2v) is 7.10. The Bertz CT molecular complexity index is 991. The molecule has 6 nitrogen and oxygen atoms in total. The minimum Gasteiger partial charge on any atom is -0.496 e. The van der Waals surface area contributed by atoms with Crippen LogP contribution < -0.4 is 10.1 Å². The van der Waals surface area contributed by atoms with Crippen molar-refractivity contribution in [3.05, 3.63) is 83.6 Å². The fourth-order valence-electron chi connectivity index (χ4n) is 2.62. The van der Waals surface area contributed by atoms with Gasteiger partial charge >= 0.3 is 5.97 Å². The highest BCUT2D eigenvalue weighted by molar-refractivity contribution is 7.99. The number of nitrogens with one attached hydrogen (secondary N) is 1. The lowest BCUT2D eigenvalue weighted by Gasteiger charge is -2.10. The van der Waals surface area contributed by atoms with E-state index in [-0.39, 0.29) is 12.5 Å². The van der Waals surface area contributed by atoms with Crippen LogP contribution in [0.15, 0.2) is 76.8 Å². The standard InChI is InChI=1S/C22H20N2O4S/c1-27-19-11-6-15(13-18(19)22(26)28-2)14-24-21(25)16-7-9-17(10-8-16)29-20-5-3-4-12-23-20/h3-13H,14H2,1-2H3,(H,24,25). The third kappa shape index (κ3) is 5.36. The van der Waals surface area contributed by atoms with Crippen LogP contribution in [0, 0.1) is 0 Å². The summed E-state index contributed by atoms with van der Waals surface area (Å²) in [5.41, 5.74) is 1.64. The van der Waals surface area contributed by atoms with Gasteiger partial charge in [0, 0.05) is 23.2 Å². The minimum absolute atomic E-state index is 0.199. The van der Waals surface area contributed by atoms with Gasteiger partial charge in [0.2, 0.25) is 0 Å². The minimum atomic E-state index is -0.490. The molecule has 29 heavy (non-hydrogen) atoms. The zero-order valence-corrected chi connectivity index (χ0v) is 16.9. The second kappa shape index (κ2) is 9.75. The van der Waals surface area contributed by atoms with Gasteiger partial charge in [-0.25, -0.2) is 9.78 Å². The van der Waals surface area contributed by atoms with Crippen molar-refractivity contribution in [2.75, 3.05) is 14.2 Å². The number of aromatic nitrogens is 1. The predicted molar refractivity (Wildman–Crippen MR) is 110 cm³/mol. The number of rotatable bonds is 7. The van der Waals surface area contributed by atoms with Crippen LogP contribution >= 0.6 is 11.8 Å². The van der Waals surface area contributed by atoms with Gasteiger partial charge in [0.25, 0.3) is 5.91 Å². The van der Waals surface area contributed by atoms with Crippen molar-refractivity contribution >= 4 is 23.6 Å². The molecule has 1 aromatic heterocycles. The molecule has 0 saturated carbocycles. The van der Waals surface area contributed by atoms with Gasteiger partial charge in [0.1, 0.15) is 16.3 Å². The molecule has 1 amide bonds. The Morgan fingerprint density at radius 1 is 1.03 bits per heavy atom. The number of hydrogen-bond donors (Lipinski definition) is 1. The maximum absolute atomic E-state index is 12.4. The molecule has 7 heteroatoms. The highest BCUT2D eigenvalue weighted by Crippen LogP contribution is 2.25. The van der Waals surface area contributed by atoms with Gasteiger partial charge in [-0.2, -0.15) is 0 Å². The average molecular weight is 408 g/mol. The van der Waals surface area contributed by atoms with Crippen molar-refractivity contribution < 1.29 is 19.1 Å². The largest absolute Gasteiger partial charge is 0.496 e. The Labute approximate surface area is 173 Å². The van der Waals surface area contributed by atoms with E-state index < -0.39 is 5.97 Å². The van der Waals surface area contributed by atoms with E-state index in [0.29, 0.717) is 16.9 Å². The lowest BCUT2D eigenvalue weighted by Crippen LogP contribution is -2.22. The van der Waals surface area contributed by atoms with Gasteiger partial charge in [0.05, 0.1) is 14.2 Å². The summed E-state index contributed by atoms with van der Waals surface area (Å²) in [4.78, 5) is 29.6. The zero-order valence-electron chi connectivity index (χ0n) is 16.0. The number of carbonyl (C=O) groups is 2. The number of carbonyl (C=O) groups excluding carboxylic acids is 2. The first-order valence-electron chi connectivity index (χ1n) is 8.83. The van der Waals surface area contributed by atoms with Gasteiger partial charge in [-0.1, -0.05) is 23.9 Å². The molecule has 0 aliphatic heterocycles. The van der Waals surface area contributed by atoms with Crippen molar-refractivity contribution in [1.29, 1.82) is 0 Å². The fourth-order valence-corrected chi connectivity index (χ4v) is 3.40. The summed E-state index contributed by atoms with van der Waals surface area (Å²) in [7, 11) is 2.80. The molecule has 0 atom stereocenters. The van der Waals surface area contributed by atoms with Crippen LogP contribution in [0.25, 0.3) is 0 Å². The predicted octanol–water partition coefficient (Wildman–Crippen LogP) is 3.96. The molecule has 0 aliphatic rings. The summed E-state index contributed by atoms with van der Waals surface area (Å²) >= 11 is 1.53. The first kappa shape index (κ1) is 20.4. The topological polar surface area (TPSA) is 77.5 Å². The monoisotopic (exact) mass is 408 g/mol. The van der Waals surface area contributed by atoms with Crippen molar-refractivity contribution in [2.24, 2.45) is 0 Å². The van der Waals surface area contributed by atoms with Crippen LogP contribution in [0.5, 0.6) is 5.75 Å². The summed E-state index contributed by atoms with van der Waals surface area (Å²) in [5, 5.41) is 3.75. The maximum atomic E-state index is 12.4. The lowest BCUT2D eigenvalue weighted by molar-refractivity contribution is 0.0597. The molecule has 0 unspecified atom stereocenters. The molecule has 0 fully saturated rings. The van der Waals surface area contributed by atoms with E-state index in [1.54, 1.807) is 36.5 Å². The Hall–Kier alpha value is -3.32. The Kier molecular flexibility index (Phi) is 6.86. The van der Waals surface area contributed by atoms with Crippen LogP contribution in [0.1, 0.15) is 26.3 Å². The van der Waals surface area contributed by atoms with Gasteiger partial charge in [-0.05, 0) is 54.1 Å². The summed E-state index contributed by atoms with van der Waals surface area (Å²) in [6, 6.07) is 18.2. The number of esters is 1. The molecular formula is C22H20N2O4S. The van der Waals surface area contributed by atoms with Crippen LogP contribution in [0.2, 0.25) is 0 Å². The summed E-state index contributed by atoms with van der Waals surface area (Å²) in [5.74, 6) is -0.265. The molecule has 0 spiro atoms. The number of amides is 1. The molecule has 0 aliphatic carbocycles. The summed E-state index contributed by atoms with van der Waals surface area (Å²) in [6.07, 6.45) is 1.74. The van der Waals surface area contributed by atoms with Crippen molar-refractivity contribution in [2.45, 2.75) is 16.5 Å². The zero-order chi connectivity index (χ0) is 20.6. The first-order chi connectivity index (χ1) is 14.1. The Morgan fingerprint density at radius 2 is 1.83 bits per heavy atom. The van der Waals surface area contributed by atoms with Crippen LogP contribution in [-0.2, 0) is 11.3 Å². The van der Waals surface area contributed by atoms with E-state index in [4.69, 9.17) is 9.47 Å². The van der Waals surface area contributed by atoms with Gasteiger partial charge in [-0.15, -0.1) is 0 Å². The fraction of sp³-hybridized carbons (Fsp3) is 0.136. The summed E-state index contributed by atoms with van der Waals surface area (Å²) < 4.78 is 9.95. The van der Waals surface area contributed by atoms with Crippen LogP contribution in [0.4, 0.5) is 0 Å². The van der Waals surface area contributed by atoms with E-state index >= 15 is 0 Å².